The maximum atomic E-state index is 11.0. The Morgan fingerprint density at radius 2 is 2.33 bits per heavy atom. The van der Waals surface area contributed by atoms with E-state index in [-0.39, 0.29) is 5.91 Å². The van der Waals surface area contributed by atoms with Crippen molar-refractivity contribution in [1.82, 2.24) is 10.2 Å². The molecule has 0 aromatic carbocycles. The van der Waals surface area contributed by atoms with Crippen molar-refractivity contribution in [2.45, 2.75) is 32.7 Å². The van der Waals surface area contributed by atoms with E-state index in [2.05, 4.69) is 17.1 Å². The molecule has 0 radical (unpaired) electrons. The second kappa shape index (κ2) is 4.45. The highest BCUT2D eigenvalue weighted by molar-refractivity contribution is 5.75. The quantitative estimate of drug-likeness (QED) is 0.673. The van der Waals surface area contributed by atoms with Gasteiger partial charge in [-0.2, -0.15) is 0 Å². The first kappa shape index (κ1) is 9.52. The van der Waals surface area contributed by atoms with Crippen LogP contribution in [0.25, 0.3) is 0 Å². The van der Waals surface area contributed by atoms with Crippen molar-refractivity contribution in [1.29, 1.82) is 0 Å². The second-order valence-corrected chi connectivity index (χ2v) is 3.30. The molecule has 1 rings (SSSR count). The predicted molar refractivity (Wildman–Crippen MR) is 49.0 cm³/mol. The minimum Gasteiger partial charge on any atom is -0.352 e. The van der Waals surface area contributed by atoms with Gasteiger partial charge < -0.3 is 10.2 Å². The summed E-state index contributed by atoms with van der Waals surface area (Å²) >= 11 is 0. The molecule has 0 aliphatic carbocycles. The molecule has 0 bridgehead atoms. The van der Waals surface area contributed by atoms with Gasteiger partial charge >= 0.3 is 0 Å². The lowest BCUT2D eigenvalue weighted by Gasteiger charge is -2.13. The lowest BCUT2D eigenvalue weighted by Crippen LogP contribution is -2.36. The van der Waals surface area contributed by atoms with Crippen molar-refractivity contribution >= 4 is 5.91 Å². The van der Waals surface area contributed by atoms with E-state index in [4.69, 9.17) is 0 Å². The molecule has 1 amide bonds. The monoisotopic (exact) mass is 170 g/mol. The normalized spacial score (nSPS) is 24.3. The summed E-state index contributed by atoms with van der Waals surface area (Å²) in [6, 6.07) is 0.400. The summed E-state index contributed by atoms with van der Waals surface area (Å²) in [4.78, 5) is 13.4. The molecule has 1 heterocycles. The van der Waals surface area contributed by atoms with E-state index in [0.717, 1.165) is 26.1 Å². The third kappa shape index (κ3) is 2.48. The van der Waals surface area contributed by atoms with E-state index in [1.54, 1.807) is 0 Å². The Balaban J connectivity index is 2.23. The lowest BCUT2D eigenvalue weighted by atomic mass is 10.2. The van der Waals surface area contributed by atoms with Crippen LogP contribution in [0.2, 0.25) is 0 Å². The first-order valence-corrected chi connectivity index (χ1v) is 4.78. The fraction of sp³-hybridized carbons (Fsp3) is 0.889. The summed E-state index contributed by atoms with van der Waals surface area (Å²) in [5.41, 5.74) is 0. The van der Waals surface area contributed by atoms with Crippen molar-refractivity contribution < 1.29 is 4.79 Å². The Morgan fingerprint density at radius 3 is 2.83 bits per heavy atom. The molecule has 70 valence electrons. The second-order valence-electron chi connectivity index (χ2n) is 3.30. The van der Waals surface area contributed by atoms with Gasteiger partial charge in [-0.05, 0) is 13.0 Å². The van der Waals surface area contributed by atoms with Gasteiger partial charge in [-0.1, -0.05) is 13.8 Å². The molecule has 1 aliphatic heterocycles. The molecule has 0 spiro atoms. The highest BCUT2D eigenvalue weighted by Crippen LogP contribution is 2.07. The summed E-state index contributed by atoms with van der Waals surface area (Å²) in [6.45, 7) is 7.30. The van der Waals surface area contributed by atoms with E-state index in [1.807, 2.05) is 6.92 Å². The molecule has 12 heavy (non-hydrogen) atoms. The maximum Gasteiger partial charge on any atom is 0.219 e. The van der Waals surface area contributed by atoms with Crippen molar-refractivity contribution in [3.8, 4) is 0 Å². The number of likely N-dealkylation sites (tertiary alicyclic amines) is 1. The van der Waals surface area contributed by atoms with Gasteiger partial charge in [0.05, 0.1) is 0 Å². The van der Waals surface area contributed by atoms with Crippen LogP contribution in [0.5, 0.6) is 0 Å². The van der Waals surface area contributed by atoms with Gasteiger partial charge in [0.1, 0.15) is 0 Å². The summed E-state index contributed by atoms with van der Waals surface area (Å²) < 4.78 is 0. The molecule has 1 aliphatic rings. The van der Waals surface area contributed by atoms with Crippen LogP contribution in [0.15, 0.2) is 0 Å². The molecule has 1 unspecified atom stereocenters. The molecular formula is C9H18N2O. The van der Waals surface area contributed by atoms with Crippen molar-refractivity contribution in [3.05, 3.63) is 0 Å². The van der Waals surface area contributed by atoms with Crippen LogP contribution in [0, 0.1) is 0 Å². The number of hydrogen-bond acceptors (Lipinski definition) is 2. The smallest absolute Gasteiger partial charge is 0.219 e. The Labute approximate surface area is 74.1 Å². The van der Waals surface area contributed by atoms with Crippen LogP contribution in [0.4, 0.5) is 0 Å². The van der Waals surface area contributed by atoms with E-state index >= 15 is 0 Å². The van der Waals surface area contributed by atoms with Gasteiger partial charge in [0, 0.05) is 25.6 Å². The van der Waals surface area contributed by atoms with Crippen molar-refractivity contribution in [3.63, 3.8) is 0 Å². The summed E-state index contributed by atoms with van der Waals surface area (Å²) in [5.74, 6) is 0.179. The van der Waals surface area contributed by atoms with Crippen LogP contribution < -0.4 is 5.32 Å². The van der Waals surface area contributed by atoms with Crippen LogP contribution >= 0.6 is 0 Å². The van der Waals surface area contributed by atoms with Gasteiger partial charge in [-0.25, -0.2) is 0 Å². The first-order valence-electron chi connectivity index (χ1n) is 4.78. The van der Waals surface area contributed by atoms with Gasteiger partial charge in [0.25, 0.3) is 0 Å². The largest absolute Gasteiger partial charge is 0.352 e. The van der Waals surface area contributed by atoms with E-state index in [0.29, 0.717) is 12.5 Å². The predicted octanol–water partition coefficient (Wildman–Crippen LogP) is 0.607. The van der Waals surface area contributed by atoms with Crippen LogP contribution in [0.1, 0.15) is 26.7 Å². The number of nitrogens with zero attached hydrogens (tertiary/aromatic N) is 1. The van der Waals surface area contributed by atoms with Crippen molar-refractivity contribution in [2.24, 2.45) is 0 Å². The van der Waals surface area contributed by atoms with Gasteiger partial charge in [0.2, 0.25) is 5.91 Å². The number of carbonyl (C=O) groups is 1. The minimum absolute atomic E-state index is 0.179. The number of rotatable bonds is 3. The number of likely N-dealkylation sites (N-methyl/N-ethyl adjacent to an activating group) is 1. The average Bonchev–Trinajstić information content (AvgIpc) is 2.52. The maximum absolute atomic E-state index is 11.0. The molecule has 1 N–H and O–H groups in total. The highest BCUT2D eigenvalue weighted by atomic mass is 16.1. The molecule has 1 fully saturated rings. The zero-order valence-corrected chi connectivity index (χ0v) is 7.97. The first-order chi connectivity index (χ1) is 5.76. The highest BCUT2D eigenvalue weighted by Gasteiger charge is 2.21. The van der Waals surface area contributed by atoms with Crippen LogP contribution in [-0.4, -0.2) is 36.5 Å². The topological polar surface area (TPSA) is 32.3 Å². The molecule has 0 aromatic heterocycles. The fourth-order valence-electron chi connectivity index (χ4n) is 1.57. The minimum atomic E-state index is 0.179. The fourth-order valence-corrected chi connectivity index (χ4v) is 1.57. The Bertz CT molecular complexity index is 159. The standard InChI is InChI=1S/C9H18N2O/c1-3-9(12)10-8-5-6-11(4-2)7-8/h8H,3-7H2,1-2H3,(H,10,12). The zero-order valence-electron chi connectivity index (χ0n) is 7.97. The number of carbonyl (C=O) groups excluding carboxylic acids is 1. The lowest BCUT2D eigenvalue weighted by molar-refractivity contribution is -0.121. The van der Waals surface area contributed by atoms with Gasteiger partial charge in [0.15, 0.2) is 0 Å². The SMILES string of the molecule is CCC(=O)NC1CCN(CC)C1. The third-order valence-electron chi connectivity index (χ3n) is 2.41. The summed E-state index contributed by atoms with van der Waals surface area (Å²) in [5, 5.41) is 3.01. The van der Waals surface area contributed by atoms with E-state index in [9.17, 15) is 4.79 Å². The molecule has 0 aromatic rings. The summed E-state index contributed by atoms with van der Waals surface area (Å²) in [7, 11) is 0. The zero-order chi connectivity index (χ0) is 8.97. The van der Waals surface area contributed by atoms with Crippen LogP contribution in [-0.2, 0) is 4.79 Å². The van der Waals surface area contributed by atoms with Crippen LogP contribution in [0.3, 0.4) is 0 Å². The van der Waals surface area contributed by atoms with Gasteiger partial charge in [-0.15, -0.1) is 0 Å². The summed E-state index contributed by atoms with van der Waals surface area (Å²) in [6.07, 6.45) is 1.71. The number of amides is 1. The van der Waals surface area contributed by atoms with Gasteiger partial charge in [-0.3, -0.25) is 4.79 Å². The Hall–Kier alpha value is -0.570. The Kier molecular flexibility index (Phi) is 3.53. The average molecular weight is 170 g/mol. The molecular weight excluding hydrogens is 152 g/mol. The molecule has 0 saturated carbocycles. The van der Waals surface area contributed by atoms with E-state index < -0.39 is 0 Å². The van der Waals surface area contributed by atoms with E-state index in [1.165, 1.54) is 0 Å². The third-order valence-corrected chi connectivity index (χ3v) is 2.41. The number of nitrogens with one attached hydrogen (secondary N) is 1. The van der Waals surface area contributed by atoms with Crippen molar-refractivity contribution in [2.75, 3.05) is 19.6 Å². The molecule has 1 saturated heterocycles. The molecule has 1 atom stereocenters. The molecule has 3 heteroatoms. The number of hydrogen-bond donors (Lipinski definition) is 1. The molecule has 3 nitrogen and oxygen atoms in total. The Morgan fingerprint density at radius 1 is 1.58 bits per heavy atom.